The lowest BCUT2D eigenvalue weighted by Crippen LogP contribution is -2.45. The molecule has 0 radical (unpaired) electrons. The van der Waals surface area contributed by atoms with Gasteiger partial charge in [0.15, 0.2) is 17.3 Å². The first kappa shape index (κ1) is 22.1. The van der Waals surface area contributed by atoms with E-state index in [0.717, 1.165) is 37.6 Å². The highest BCUT2D eigenvalue weighted by molar-refractivity contribution is 6.04. The van der Waals surface area contributed by atoms with Crippen molar-refractivity contribution in [1.29, 1.82) is 0 Å². The molecule has 1 aliphatic heterocycles. The molecule has 1 aromatic heterocycles. The minimum absolute atomic E-state index is 0.0244. The fourth-order valence-corrected chi connectivity index (χ4v) is 4.11. The van der Waals surface area contributed by atoms with E-state index in [9.17, 15) is 18.4 Å². The highest BCUT2D eigenvalue weighted by atomic mass is 19.2. The van der Waals surface area contributed by atoms with Gasteiger partial charge in [-0.15, -0.1) is 0 Å². The van der Waals surface area contributed by atoms with Gasteiger partial charge in [-0.2, -0.15) is 5.10 Å². The number of amides is 1. The average molecular weight is 440 g/mol. The second-order valence-corrected chi connectivity index (χ2v) is 8.51. The molecular weight excluding hydrogens is 414 g/mol. The number of nitrogens with one attached hydrogen (secondary N) is 1. The zero-order chi connectivity index (χ0) is 22.8. The molecule has 4 rings (SSSR count). The van der Waals surface area contributed by atoms with Crippen LogP contribution in [0.15, 0.2) is 47.3 Å². The molecule has 2 aromatic carbocycles. The van der Waals surface area contributed by atoms with E-state index in [0.29, 0.717) is 17.3 Å². The number of piperidine rings is 1. The van der Waals surface area contributed by atoms with Gasteiger partial charge in [0.2, 0.25) is 0 Å². The van der Waals surface area contributed by atoms with E-state index in [2.05, 4.69) is 15.3 Å². The number of nitrogens with zero attached hydrogens (tertiary/aromatic N) is 3. The summed E-state index contributed by atoms with van der Waals surface area (Å²) in [7, 11) is 0. The maximum absolute atomic E-state index is 13.4. The molecule has 32 heavy (non-hydrogen) atoms. The summed E-state index contributed by atoms with van der Waals surface area (Å²) in [6, 6.07) is 10.8. The first-order chi connectivity index (χ1) is 15.3. The minimum atomic E-state index is -0.847. The highest BCUT2D eigenvalue weighted by Crippen LogP contribution is 2.18. The predicted octanol–water partition coefficient (Wildman–Crippen LogP) is 3.65. The van der Waals surface area contributed by atoms with Crippen LogP contribution in [0.2, 0.25) is 0 Å². The number of carbonyl (C=O) groups is 1. The van der Waals surface area contributed by atoms with E-state index in [1.807, 2.05) is 13.8 Å². The third-order valence-corrected chi connectivity index (χ3v) is 5.85. The van der Waals surface area contributed by atoms with Gasteiger partial charge in [0, 0.05) is 31.1 Å². The van der Waals surface area contributed by atoms with Crippen molar-refractivity contribution < 1.29 is 13.6 Å². The van der Waals surface area contributed by atoms with Crippen LogP contribution in [-0.2, 0) is 6.54 Å². The third kappa shape index (κ3) is 4.55. The van der Waals surface area contributed by atoms with Crippen molar-refractivity contribution >= 4 is 16.7 Å². The summed E-state index contributed by atoms with van der Waals surface area (Å²) in [5, 5.41) is 8.45. The first-order valence-electron chi connectivity index (χ1n) is 10.8. The molecule has 0 bridgehead atoms. The van der Waals surface area contributed by atoms with E-state index in [4.69, 9.17) is 0 Å². The van der Waals surface area contributed by atoms with E-state index >= 15 is 0 Å². The smallest absolute Gasteiger partial charge is 0.274 e. The molecule has 1 amide bonds. The summed E-state index contributed by atoms with van der Waals surface area (Å²) in [4.78, 5) is 27.9. The number of aromatic nitrogens is 2. The number of likely N-dealkylation sites (tertiary alicyclic amines) is 1. The number of halogens is 2. The van der Waals surface area contributed by atoms with Gasteiger partial charge < -0.3 is 5.32 Å². The van der Waals surface area contributed by atoms with Gasteiger partial charge in [0.25, 0.3) is 11.5 Å². The lowest BCUT2D eigenvalue weighted by Gasteiger charge is -2.32. The molecule has 0 saturated carbocycles. The van der Waals surface area contributed by atoms with Gasteiger partial charge in [-0.05, 0) is 50.5 Å². The standard InChI is InChI=1S/C24H26F2N4O2/c1-15(2)30-24(32)19-6-4-3-5-18(19)22(28-30)23(31)27-17-9-11-29(12-10-17)14-16-7-8-20(25)21(26)13-16/h3-8,13,15,17H,9-12,14H2,1-2H3,(H,27,31). The normalized spacial score (nSPS) is 15.4. The molecule has 0 aliphatic carbocycles. The number of hydrogen-bond acceptors (Lipinski definition) is 4. The molecule has 1 fully saturated rings. The molecule has 8 heteroatoms. The zero-order valence-electron chi connectivity index (χ0n) is 18.1. The molecule has 0 atom stereocenters. The molecule has 1 saturated heterocycles. The molecule has 0 spiro atoms. The topological polar surface area (TPSA) is 67.2 Å². The maximum atomic E-state index is 13.4. The number of benzene rings is 2. The van der Waals surface area contributed by atoms with Crippen molar-refractivity contribution in [2.24, 2.45) is 0 Å². The molecule has 0 unspecified atom stereocenters. The third-order valence-electron chi connectivity index (χ3n) is 5.85. The molecule has 3 aromatic rings. The molecule has 1 aliphatic rings. The van der Waals surface area contributed by atoms with Crippen LogP contribution in [0.4, 0.5) is 8.78 Å². The monoisotopic (exact) mass is 440 g/mol. The molecular formula is C24H26F2N4O2. The first-order valence-corrected chi connectivity index (χ1v) is 10.8. The van der Waals surface area contributed by atoms with E-state index in [1.54, 1.807) is 30.3 Å². The van der Waals surface area contributed by atoms with Crippen LogP contribution in [0, 0.1) is 11.6 Å². The van der Waals surface area contributed by atoms with Crippen molar-refractivity contribution in [3.63, 3.8) is 0 Å². The van der Waals surface area contributed by atoms with Gasteiger partial charge in [-0.3, -0.25) is 14.5 Å². The second-order valence-electron chi connectivity index (χ2n) is 8.51. The Balaban J connectivity index is 1.44. The van der Waals surface area contributed by atoms with Crippen LogP contribution in [-0.4, -0.2) is 39.7 Å². The fraction of sp³-hybridized carbons (Fsp3) is 0.375. The van der Waals surface area contributed by atoms with E-state index < -0.39 is 11.6 Å². The van der Waals surface area contributed by atoms with E-state index in [1.165, 1.54) is 10.7 Å². The Morgan fingerprint density at radius 1 is 1.09 bits per heavy atom. The van der Waals surface area contributed by atoms with Crippen LogP contribution in [0.25, 0.3) is 10.8 Å². The maximum Gasteiger partial charge on any atom is 0.274 e. The number of rotatable bonds is 5. The van der Waals surface area contributed by atoms with Crippen molar-refractivity contribution in [2.75, 3.05) is 13.1 Å². The molecule has 168 valence electrons. The van der Waals surface area contributed by atoms with Crippen LogP contribution in [0.1, 0.15) is 48.8 Å². The number of fused-ring (bicyclic) bond motifs is 1. The number of carbonyl (C=O) groups excluding carboxylic acids is 1. The second kappa shape index (κ2) is 9.16. The summed E-state index contributed by atoms with van der Waals surface area (Å²) in [5.74, 6) is -1.98. The summed E-state index contributed by atoms with van der Waals surface area (Å²) in [5.41, 5.74) is 0.758. The zero-order valence-corrected chi connectivity index (χ0v) is 18.1. The van der Waals surface area contributed by atoms with Crippen molar-refractivity contribution in [2.45, 2.75) is 45.3 Å². The average Bonchev–Trinajstić information content (AvgIpc) is 2.78. The Morgan fingerprint density at radius 3 is 2.44 bits per heavy atom. The molecule has 6 nitrogen and oxygen atoms in total. The van der Waals surface area contributed by atoms with Gasteiger partial charge >= 0.3 is 0 Å². The highest BCUT2D eigenvalue weighted by Gasteiger charge is 2.24. The quantitative estimate of drug-likeness (QED) is 0.658. The Hall–Kier alpha value is -3.13. The van der Waals surface area contributed by atoms with Crippen LogP contribution in [0.5, 0.6) is 0 Å². The number of hydrogen-bond donors (Lipinski definition) is 1. The van der Waals surface area contributed by atoms with Crippen LogP contribution < -0.4 is 10.9 Å². The predicted molar refractivity (Wildman–Crippen MR) is 119 cm³/mol. The van der Waals surface area contributed by atoms with Crippen molar-refractivity contribution in [1.82, 2.24) is 20.0 Å². The SMILES string of the molecule is CC(C)n1nc(C(=O)NC2CCN(Cc3ccc(F)c(F)c3)CC2)c2ccccc2c1=O. The van der Waals surface area contributed by atoms with Crippen molar-refractivity contribution in [3.05, 3.63) is 75.7 Å². The Bertz CT molecular complexity index is 1200. The van der Waals surface area contributed by atoms with Crippen LogP contribution in [0.3, 0.4) is 0 Å². The summed E-state index contributed by atoms with van der Waals surface area (Å²) >= 11 is 0. The summed E-state index contributed by atoms with van der Waals surface area (Å²) in [6.45, 7) is 5.69. The van der Waals surface area contributed by atoms with Gasteiger partial charge in [-0.1, -0.05) is 24.3 Å². The summed E-state index contributed by atoms with van der Waals surface area (Å²) in [6.07, 6.45) is 1.47. The minimum Gasteiger partial charge on any atom is -0.348 e. The fourth-order valence-electron chi connectivity index (χ4n) is 4.11. The lowest BCUT2D eigenvalue weighted by atomic mass is 10.0. The van der Waals surface area contributed by atoms with Gasteiger partial charge in [-0.25, -0.2) is 13.5 Å². The van der Waals surface area contributed by atoms with Crippen LogP contribution >= 0.6 is 0 Å². The molecule has 2 heterocycles. The van der Waals surface area contributed by atoms with E-state index in [-0.39, 0.29) is 29.2 Å². The lowest BCUT2D eigenvalue weighted by molar-refractivity contribution is 0.0903. The van der Waals surface area contributed by atoms with Gasteiger partial charge in [0.05, 0.1) is 11.4 Å². The van der Waals surface area contributed by atoms with Gasteiger partial charge in [0.1, 0.15) is 0 Å². The Kier molecular flexibility index (Phi) is 6.32. The Labute approximate surface area is 184 Å². The Morgan fingerprint density at radius 2 is 1.78 bits per heavy atom. The molecule has 1 N–H and O–H groups in total. The summed E-state index contributed by atoms with van der Waals surface area (Å²) < 4.78 is 27.9. The van der Waals surface area contributed by atoms with Crippen molar-refractivity contribution in [3.8, 4) is 0 Å². The largest absolute Gasteiger partial charge is 0.348 e.